The third kappa shape index (κ3) is 2.96. The van der Waals surface area contributed by atoms with Gasteiger partial charge in [-0.1, -0.05) is 12.2 Å². The van der Waals surface area contributed by atoms with Gasteiger partial charge >= 0.3 is 6.18 Å². The number of methoxy groups -OCH3 is 1. The van der Waals surface area contributed by atoms with Crippen molar-refractivity contribution in [1.29, 1.82) is 0 Å². The first-order chi connectivity index (χ1) is 7.49. The smallest absolute Gasteiger partial charge is 0.417 e. The molecule has 0 unspecified atom stereocenters. The van der Waals surface area contributed by atoms with Crippen molar-refractivity contribution in [3.8, 4) is 5.88 Å². The summed E-state index contributed by atoms with van der Waals surface area (Å²) < 4.78 is 42.0. The number of alkyl halides is 3. The molecular formula is C10H11F3N2O. The van der Waals surface area contributed by atoms with E-state index in [2.05, 4.69) is 4.98 Å². The average molecular weight is 232 g/mol. The molecule has 1 aromatic heterocycles. The first-order valence-corrected chi connectivity index (χ1v) is 4.47. The van der Waals surface area contributed by atoms with E-state index in [4.69, 9.17) is 10.5 Å². The Labute approximate surface area is 90.7 Å². The van der Waals surface area contributed by atoms with Crippen LogP contribution in [0.2, 0.25) is 0 Å². The highest BCUT2D eigenvalue weighted by Gasteiger charge is 2.31. The van der Waals surface area contributed by atoms with Gasteiger partial charge in [0.15, 0.2) is 0 Å². The normalized spacial score (nSPS) is 12.1. The number of ether oxygens (including phenoxy) is 1. The molecule has 6 heteroatoms. The zero-order valence-electron chi connectivity index (χ0n) is 8.58. The fourth-order valence-electron chi connectivity index (χ4n) is 1.11. The highest BCUT2D eigenvalue weighted by Crippen LogP contribution is 2.31. The molecule has 0 spiro atoms. The SMILES string of the molecule is COc1ncc(C(F)(F)F)cc1C=CCN. The Morgan fingerprint density at radius 3 is 2.69 bits per heavy atom. The minimum Gasteiger partial charge on any atom is -0.481 e. The second-order valence-electron chi connectivity index (χ2n) is 2.96. The van der Waals surface area contributed by atoms with Crippen molar-refractivity contribution in [3.05, 3.63) is 29.5 Å². The lowest BCUT2D eigenvalue weighted by molar-refractivity contribution is -0.137. The highest BCUT2D eigenvalue weighted by atomic mass is 19.4. The number of hydrogen-bond acceptors (Lipinski definition) is 3. The molecule has 0 aromatic carbocycles. The second-order valence-corrected chi connectivity index (χ2v) is 2.96. The van der Waals surface area contributed by atoms with E-state index in [-0.39, 0.29) is 18.0 Å². The predicted molar refractivity (Wildman–Crippen MR) is 53.9 cm³/mol. The first-order valence-electron chi connectivity index (χ1n) is 4.47. The van der Waals surface area contributed by atoms with Gasteiger partial charge in [-0.15, -0.1) is 0 Å². The zero-order chi connectivity index (χ0) is 12.2. The standard InChI is InChI=1S/C10H11F3N2O/c1-16-9-7(3-2-4-14)5-8(6-15-9)10(11,12)13/h2-3,5-6H,4,14H2,1H3. The Balaban J connectivity index is 3.16. The van der Waals surface area contributed by atoms with Crippen LogP contribution in [0.25, 0.3) is 6.08 Å². The summed E-state index contributed by atoms with van der Waals surface area (Å²) in [5.41, 5.74) is 4.66. The number of nitrogens with two attached hydrogens (primary N) is 1. The summed E-state index contributed by atoms with van der Waals surface area (Å²) in [6.45, 7) is 0.236. The van der Waals surface area contributed by atoms with Gasteiger partial charge in [0, 0.05) is 18.3 Å². The van der Waals surface area contributed by atoms with E-state index in [1.165, 1.54) is 19.3 Å². The Bertz CT molecular complexity index is 388. The van der Waals surface area contributed by atoms with Gasteiger partial charge in [-0.2, -0.15) is 13.2 Å². The molecule has 0 radical (unpaired) electrons. The average Bonchev–Trinajstić information content (AvgIpc) is 2.24. The number of halogens is 3. The summed E-state index contributed by atoms with van der Waals surface area (Å²) in [4.78, 5) is 3.58. The molecule has 16 heavy (non-hydrogen) atoms. The van der Waals surface area contributed by atoms with Crippen molar-refractivity contribution in [1.82, 2.24) is 4.98 Å². The molecule has 3 nitrogen and oxygen atoms in total. The largest absolute Gasteiger partial charge is 0.481 e. The van der Waals surface area contributed by atoms with Crippen LogP contribution in [-0.4, -0.2) is 18.6 Å². The van der Waals surface area contributed by atoms with E-state index in [0.717, 1.165) is 12.3 Å². The summed E-state index contributed by atoms with van der Waals surface area (Å²) >= 11 is 0. The molecule has 1 heterocycles. The Kier molecular flexibility index (Phi) is 3.89. The summed E-state index contributed by atoms with van der Waals surface area (Å²) in [6, 6.07) is 0.970. The number of hydrogen-bond donors (Lipinski definition) is 1. The zero-order valence-corrected chi connectivity index (χ0v) is 8.58. The topological polar surface area (TPSA) is 48.1 Å². The van der Waals surface area contributed by atoms with E-state index in [9.17, 15) is 13.2 Å². The molecule has 0 aliphatic rings. The molecule has 0 aliphatic carbocycles. The van der Waals surface area contributed by atoms with Gasteiger partial charge in [-0.3, -0.25) is 0 Å². The van der Waals surface area contributed by atoms with E-state index < -0.39 is 11.7 Å². The summed E-state index contributed by atoms with van der Waals surface area (Å²) in [7, 11) is 1.34. The van der Waals surface area contributed by atoms with Crippen molar-refractivity contribution >= 4 is 6.08 Å². The summed E-state index contributed by atoms with van der Waals surface area (Å²) in [6.07, 6.45) is -0.704. The number of rotatable bonds is 3. The van der Waals surface area contributed by atoms with E-state index in [1.54, 1.807) is 0 Å². The molecule has 0 saturated carbocycles. The Morgan fingerprint density at radius 1 is 1.50 bits per heavy atom. The minimum absolute atomic E-state index is 0.137. The van der Waals surface area contributed by atoms with Crippen LogP contribution in [0.15, 0.2) is 18.3 Å². The van der Waals surface area contributed by atoms with Crippen molar-refractivity contribution in [2.24, 2.45) is 5.73 Å². The van der Waals surface area contributed by atoms with Gasteiger partial charge in [0.1, 0.15) is 0 Å². The van der Waals surface area contributed by atoms with Crippen molar-refractivity contribution in [2.75, 3.05) is 13.7 Å². The minimum atomic E-state index is -4.41. The van der Waals surface area contributed by atoms with Gasteiger partial charge in [0.05, 0.1) is 12.7 Å². The molecule has 1 aromatic rings. The van der Waals surface area contributed by atoms with Crippen LogP contribution in [0.1, 0.15) is 11.1 Å². The van der Waals surface area contributed by atoms with Crippen molar-refractivity contribution in [3.63, 3.8) is 0 Å². The van der Waals surface area contributed by atoms with E-state index >= 15 is 0 Å². The lowest BCUT2D eigenvalue weighted by Crippen LogP contribution is -2.06. The van der Waals surface area contributed by atoms with Gasteiger partial charge < -0.3 is 10.5 Å². The molecular weight excluding hydrogens is 221 g/mol. The van der Waals surface area contributed by atoms with Crippen molar-refractivity contribution < 1.29 is 17.9 Å². The highest BCUT2D eigenvalue weighted by molar-refractivity contribution is 5.56. The van der Waals surface area contributed by atoms with Gasteiger partial charge in [0.25, 0.3) is 0 Å². The van der Waals surface area contributed by atoms with Gasteiger partial charge in [0.2, 0.25) is 5.88 Å². The van der Waals surface area contributed by atoms with Crippen molar-refractivity contribution in [2.45, 2.75) is 6.18 Å². The van der Waals surface area contributed by atoms with Crippen LogP contribution in [-0.2, 0) is 6.18 Å². The molecule has 0 fully saturated rings. The molecule has 0 bridgehead atoms. The first kappa shape index (κ1) is 12.5. The maximum Gasteiger partial charge on any atom is 0.417 e. The Morgan fingerprint density at radius 2 is 2.19 bits per heavy atom. The second kappa shape index (κ2) is 4.98. The van der Waals surface area contributed by atoms with Gasteiger partial charge in [-0.05, 0) is 6.07 Å². The summed E-state index contributed by atoms with van der Waals surface area (Å²) in [5.74, 6) is 0.137. The molecule has 1 rings (SSSR count). The van der Waals surface area contributed by atoms with Crippen LogP contribution in [0, 0.1) is 0 Å². The molecule has 0 amide bonds. The van der Waals surface area contributed by atoms with Crippen LogP contribution in [0.4, 0.5) is 13.2 Å². The fourth-order valence-corrected chi connectivity index (χ4v) is 1.11. The van der Waals surface area contributed by atoms with Crippen LogP contribution < -0.4 is 10.5 Å². The van der Waals surface area contributed by atoms with Crippen LogP contribution >= 0.6 is 0 Å². The third-order valence-corrected chi connectivity index (χ3v) is 1.83. The Hall–Kier alpha value is -1.56. The molecule has 0 saturated heterocycles. The molecule has 0 aliphatic heterocycles. The lowest BCUT2D eigenvalue weighted by atomic mass is 10.2. The number of nitrogens with zero attached hydrogens (tertiary/aromatic N) is 1. The maximum atomic E-state index is 12.4. The lowest BCUT2D eigenvalue weighted by Gasteiger charge is -2.09. The third-order valence-electron chi connectivity index (χ3n) is 1.83. The summed E-state index contributed by atoms with van der Waals surface area (Å²) in [5, 5.41) is 0. The van der Waals surface area contributed by atoms with Gasteiger partial charge in [-0.25, -0.2) is 4.98 Å². The molecule has 2 N–H and O–H groups in total. The number of pyridine rings is 1. The quantitative estimate of drug-likeness (QED) is 0.867. The maximum absolute atomic E-state index is 12.4. The molecule has 0 atom stereocenters. The predicted octanol–water partition coefficient (Wildman–Crippen LogP) is 2.08. The number of aromatic nitrogens is 1. The fraction of sp³-hybridized carbons (Fsp3) is 0.300. The molecule has 88 valence electrons. The van der Waals surface area contributed by atoms with Crippen LogP contribution in [0.3, 0.4) is 0 Å². The van der Waals surface area contributed by atoms with Crippen LogP contribution in [0.5, 0.6) is 5.88 Å². The van der Waals surface area contributed by atoms with E-state index in [0.29, 0.717) is 0 Å². The monoisotopic (exact) mass is 232 g/mol. The van der Waals surface area contributed by atoms with E-state index in [1.807, 2.05) is 0 Å².